The number of alkyl halides is 2. The zero-order valence-electron chi connectivity index (χ0n) is 28.0. The average molecular weight is 796 g/mol. The van der Waals surface area contributed by atoms with Gasteiger partial charge in [-0.1, -0.05) is 35.9 Å². The summed E-state index contributed by atoms with van der Waals surface area (Å²) in [5.41, 5.74) is 3.14. The van der Waals surface area contributed by atoms with Crippen LogP contribution in [0.5, 0.6) is 23.0 Å². The van der Waals surface area contributed by atoms with Crippen molar-refractivity contribution in [3.05, 3.63) is 87.4 Å². The molecule has 0 spiro atoms. The third-order valence-electron chi connectivity index (χ3n) is 10.7. The van der Waals surface area contributed by atoms with Gasteiger partial charge in [0.1, 0.15) is 11.5 Å². The molecular formula is C38H33BrCl2N2O8. The number of rotatable bonds is 7. The number of nitrogens with zero attached hydrogens (tertiary/aromatic N) is 2. The Labute approximate surface area is 312 Å². The predicted octanol–water partition coefficient (Wildman–Crippen LogP) is 6.54. The zero-order chi connectivity index (χ0) is 36.6. The molecule has 0 bridgehead atoms. The zero-order valence-corrected chi connectivity index (χ0v) is 31.1. The molecule has 264 valence electrons. The molecule has 2 heterocycles. The minimum Gasteiger partial charge on any atom is -0.503 e. The lowest BCUT2D eigenvalue weighted by Crippen LogP contribution is -2.60. The Kier molecular flexibility index (Phi) is 8.75. The van der Waals surface area contributed by atoms with Gasteiger partial charge >= 0.3 is 0 Å². The number of halogens is 3. The Bertz CT molecular complexity index is 2070. The Morgan fingerprint density at radius 3 is 2.24 bits per heavy atom. The molecular weight excluding hydrogens is 763 g/mol. The number of benzene rings is 3. The van der Waals surface area contributed by atoms with Gasteiger partial charge in [0.2, 0.25) is 11.8 Å². The second-order valence-corrected chi connectivity index (χ2v) is 15.2. The number of hydrogen-bond acceptors (Lipinski definition) is 8. The number of hydrogen-bond donors (Lipinski definition) is 1. The molecule has 2 saturated heterocycles. The van der Waals surface area contributed by atoms with Crippen LogP contribution in [0.25, 0.3) is 12.2 Å². The highest BCUT2D eigenvalue weighted by Gasteiger charge is 2.76. The number of methoxy groups -OCH3 is 3. The van der Waals surface area contributed by atoms with E-state index >= 15 is 0 Å². The van der Waals surface area contributed by atoms with Gasteiger partial charge in [0.15, 0.2) is 21.2 Å². The lowest BCUT2D eigenvalue weighted by molar-refractivity contribution is -0.138. The Balaban J connectivity index is 1.24. The molecule has 51 heavy (non-hydrogen) atoms. The van der Waals surface area contributed by atoms with Crippen molar-refractivity contribution >= 4 is 80.6 Å². The summed E-state index contributed by atoms with van der Waals surface area (Å²) in [5.74, 6) is -4.05. The van der Waals surface area contributed by atoms with Gasteiger partial charge in [0.25, 0.3) is 11.8 Å². The second-order valence-electron chi connectivity index (χ2n) is 13.1. The molecule has 2 aliphatic heterocycles. The van der Waals surface area contributed by atoms with Crippen molar-refractivity contribution in [3.63, 3.8) is 0 Å². The Hall–Kier alpha value is -4.32. The SMILES string of the molecule is COc1ccc(OC)c(C=Cc2ccc(N3C(=O)C4CC=C5C(CC6(Cl)C(=O)N(C)C(=O)C6(Cl)C5c5cc(Br)c(O)c(OC)c5)C4C3=O)cc2)c1. The van der Waals surface area contributed by atoms with Crippen molar-refractivity contribution in [2.45, 2.75) is 28.5 Å². The van der Waals surface area contributed by atoms with E-state index in [4.69, 9.17) is 37.4 Å². The monoisotopic (exact) mass is 794 g/mol. The van der Waals surface area contributed by atoms with E-state index in [0.29, 0.717) is 28.3 Å². The number of fused-ring (bicyclic) bond motifs is 4. The lowest BCUT2D eigenvalue weighted by Gasteiger charge is -2.50. The van der Waals surface area contributed by atoms with E-state index in [1.54, 1.807) is 38.5 Å². The fourth-order valence-corrected chi connectivity index (χ4v) is 9.66. The highest BCUT2D eigenvalue weighted by atomic mass is 79.9. The van der Waals surface area contributed by atoms with Crippen LogP contribution in [-0.4, -0.2) is 71.8 Å². The van der Waals surface area contributed by atoms with E-state index in [1.807, 2.05) is 48.6 Å². The summed E-state index contributed by atoms with van der Waals surface area (Å²) >= 11 is 17.9. The minimum absolute atomic E-state index is 0.112. The third kappa shape index (κ3) is 5.10. The maximum Gasteiger partial charge on any atom is 0.253 e. The van der Waals surface area contributed by atoms with Gasteiger partial charge in [-0.15, -0.1) is 23.2 Å². The smallest absolute Gasteiger partial charge is 0.253 e. The number of ether oxygens (including phenoxy) is 3. The maximum absolute atomic E-state index is 14.4. The van der Waals surface area contributed by atoms with E-state index in [2.05, 4.69) is 15.9 Å². The van der Waals surface area contributed by atoms with Gasteiger partial charge in [-0.25, -0.2) is 0 Å². The third-order valence-corrected chi connectivity index (χ3v) is 12.7. The van der Waals surface area contributed by atoms with E-state index in [1.165, 1.54) is 19.1 Å². The standard InChI is InChI=1S/C38H33BrCl2N2O8/c1-42-35(47)37(40)18-26-24(31(38(37,41)36(42)48)21-16-27(39)32(44)29(17-21)51-4)12-13-25-30(26)34(46)43(33(25)45)22-9-6-19(7-10-22)5-8-20-15-23(49-2)11-14-28(20)50-3/h5-12,14-17,25-26,30-31,44H,13,18H2,1-4H3. The topological polar surface area (TPSA) is 123 Å². The fraction of sp³-hybridized carbons (Fsp3) is 0.316. The number of carbonyl (C=O) groups is 4. The molecule has 6 unspecified atom stereocenters. The van der Waals surface area contributed by atoms with E-state index in [-0.39, 0.29) is 34.7 Å². The average Bonchev–Trinajstić information content (AvgIpc) is 3.46. The molecule has 7 rings (SSSR count). The second kappa shape index (κ2) is 12.7. The number of phenolic OH excluding ortho intramolecular Hbond substituents is 1. The largest absolute Gasteiger partial charge is 0.503 e. The first-order chi connectivity index (χ1) is 24.3. The van der Waals surface area contributed by atoms with Gasteiger partial charge in [-0.2, -0.15) is 0 Å². The summed E-state index contributed by atoms with van der Waals surface area (Å²) in [6.45, 7) is 0. The van der Waals surface area contributed by atoms with Crippen molar-refractivity contribution in [1.82, 2.24) is 4.90 Å². The van der Waals surface area contributed by atoms with Gasteiger partial charge in [-0.05, 0) is 88.3 Å². The van der Waals surface area contributed by atoms with E-state index in [9.17, 15) is 24.3 Å². The molecule has 13 heteroatoms. The highest BCUT2D eigenvalue weighted by Crippen LogP contribution is 2.65. The van der Waals surface area contributed by atoms with Crippen LogP contribution in [0.15, 0.2) is 70.7 Å². The van der Waals surface area contributed by atoms with Crippen LogP contribution in [0.4, 0.5) is 5.69 Å². The molecule has 1 saturated carbocycles. The van der Waals surface area contributed by atoms with Crippen molar-refractivity contribution < 1.29 is 38.5 Å². The first-order valence-corrected chi connectivity index (χ1v) is 17.7. The fourth-order valence-electron chi connectivity index (χ4n) is 8.18. The van der Waals surface area contributed by atoms with Gasteiger partial charge in [0, 0.05) is 18.5 Å². The van der Waals surface area contributed by atoms with Crippen molar-refractivity contribution in [1.29, 1.82) is 0 Å². The number of anilines is 1. The van der Waals surface area contributed by atoms with Crippen LogP contribution in [0.2, 0.25) is 0 Å². The first-order valence-electron chi connectivity index (χ1n) is 16.1. The first kappa shape index (κ1) is 35.1. The Morgan fingerprint density at radius 2 is 1.57 bits per heavy atom. The molecule has 3 fully saturated rings. The van der Waals surface area contributed by atoms with E-state index in [0.717, 1.165) is 16.0 Å². The highest BCUT2D eigenvalue weighted by molar-refractivity contribution is 9.10. The van der Waals surface area contributed by atoms with Crippen LogP contribution < -0.4 is 19.1 Å². The normalized spacial score (nSPS) is 28.5. The lowest BCUT2D eigenvalue weighted by atomic mass is 9.56. The van der Waals surface area contributed by atoms with E-state index < -0.39 is 51.1 Å². The molecule has 4 amide bonds. The molecule has 6 atom stereocenters. The predicted molar refractivity (Wildman–Crippen MR) is 195 cm³/mol. The molecule has 3 aromatic rings. The molecule has 3 aromatic carbocycles. The number of imide groups is 2. The van der Waals surface area contributed by atoms with Crippen molar-refractivity contribution in [2.75, 3.05) is 33.3 Å². The maximum atomic E-state index is 14.4. The summed E-state index contributed by atoms with van der Waals surface area (Å²) in [5, 5.41) is 10.6. The van der Waals surface area contributed by atoms with Crippen LogP contribution in [0.3, 0.4) is 0 Å². The molecule has 0 aromatic heterocycles. The Morgan fingerprint density at radius 1 is 0.863 bits per heavy atom. The van der Waals surface area contributed by atoms with Gasteiger partial charge in [0.05, 0.1) is 43.3 Å². The van der Waals surface area contributed by atoms with Crippen LogP contribution in [-0.2, 0) is 19.2 Å². The summed E-state index contributed by atoms with van der Waals surface area (Å²) in [6.07, 6.45) is 5.72. The number of aromatic hydroxyl groups is 1. The summed E-state index contributed by atoms with van der Waals surface area (Å²) in [4.78, 5) is 54.3. The number of amides is 4. The van der Waals surface area contributed by atoms with Crippen LogP contribution >= 0.6 is 39.1 Å². The van der Waals surface area contributed by atoms with Crippen molar-refractivity contribution in [3.8, 4) is 23.0 Å². The number of allylic oxidation sites excluding steroid dienone is 2. The summed E-state index contributed by atoms with van der Waals surface area (Å²) in [6, 6.07) is 15.7. The minimum atomic E-state index is -1.96. The molecule has 10 nitrogen and oxygen atoms in total. The van der Waals surface area contributed by atoms with Crippen molar-refractivity contribution in [2.24, 2.45) is 17.8 Å². The number of carbonyl (C=O) groups excluding carboxylic acids is 4. The number of likely N-dealkylation sites (tertiary alicyclic amines) is 1. The van der Waals surface area contributed by atoms with Gasteiger partial charge in [-0.3, -0.25) is 29.0 Å². The van der Waals surface area contributed by atoms with Gasteiger partial charge < -0.3 is 19.3 Å². The van der Waals surface area contributed by atoms with Crippen LogP contribution in [0.1, 0.15) is 35.4 Å². The molecule has 2 aliphatic carbocycles. The molecule has 4 aliphatic rings. The summed E-state index contributed by atoms with van der Waals surface area (Å²) in [7, 11) is 5.90. The molecule has 0 radical (unpaired) electrons. The quantitative estimate of drug-likeness (QED) is 0.124. The molecule has 1 N–H and O–H groups in total. The number of phenols is 1. The van der Waals surface area contributed by atoms with Crippen LogP contribution in [0, 0.1) is 17.8 Å². The summed E-state index contributed by atoms with van der Waals surface area (Å²) < 4.78 is 16.5.